The van der Waals surface area contributed by atoms with Gasteiger partial charge in [-0.05, 0) is 32.7 Å². The number of hydrogen-bond donors (Lipinski definition) is 1. The number of nitrogens with zero attached hydrogens (tertiary/aromatic N) is 2. The van der Waals surface area contributed by atoms with E-state index in [2.05, 4.69) is 12.1 Å². The number of nitriles is 2. The number of ether oxygens (including phenoxy) is 2. The quantitative estimate of drug-likeness (QED) is 0.346. The highest BCUT2D eigenvalue weighted by Crippen LogP contribution is 2.60. The van der Waals surface area contributed by atoms with Crippen LogP contribution >= 0.6 is 0 Å². The van der Waals surface area contributed by atoms with Crippen LogP contribution in [-0.4, -0.2) is 31.3 Å². The van der Waals surface area contributed by atoms with E-state index in [0.29, 0.717) is 21.9 Å². The van der Waals surface area contributed by atoms with Gasteiger partial charge >= 0.3 is 11.9 Å². The molecule has 192 valence electrons. The van der Waals surface area contributed by atoms with E-state index in [4.69, 9.17) is 9.47 Å². The standard InChI is InChI=1S/C32H24N2O5/c1-38-30(36)25-27(23-15-7-11-19-9-3-5-13-21(19)23)32(17-33,18-34)28(26(29(25)35)31(37)39-2)24-16-8-12-20-10-4-6-14-22(20)24/h3-16,25,27-28,35H,1-2H3/t25-,27-,28+/m1/s1. The summed E-state index contributed by atoms with van der Waals surface area (Å²) in [6, 6.07) is 30.0. The van der Waals surface area contributed by atoms with Crippen molar-refractivity contribution < 1.29 is 24.2 Å². The number of rotatable bonds is 4. The first-order valence-corrected chi connectivity index (χ1v) is 12.3. The van der Waals surface area contributed by atoms with Gasteiger partial charge < -0.3 is 14.6 Å². The van der Waals surface area contributed by atoms with Crippen molar-refractivity contribution in [3.63, 3.8) is 0 Å². The molecule has 7 heteroatoms. The summed E-state index contributed by atoms with van der Waals surface area (Å²) in [6.45, 7) is 0. The Morgan fingerprint density at radius 1 is 0.769 bits per heavy atom. The number of methoxy groups -OCH3 is 2. The summed E-state index contributed by atoms with van der Waals surface area (Å²) in [5.74, 6) is -6.35. The van der Waals surface area contributed by atoms with E-state index in [1.54, 1.807) is 24.3 Å². The largest absolute Gasteiger partial charge is 0.511 e. The third-order valence-corrected chi connectivity index (χ3v) is 7.66. The Morgan fingerprint density at radius 3 is 1.82 bits per heavy atom. The molecule has 0 heterocycles. The molecule has 0 unspecified atom stereocenters. The number of fused-ring (bicyclic) bond motifs is 2. The van der Waals surface area contributed by atoms with Gasteiger partial charge in [0.15, 0.2) is 5.41 Å². The smallest absolute Gasteiger partial charge is 0.337 e. The molecule has 0 aliphatic heterocycles. The van der Waals surface area contributed by atoms with Gasteiger partial charge in [-0.1, -0.05) is 84.9 Å². The summed E-state index contributed by atoms with van der Waals surface area (Å²) < 4.78 is 10.1. The molecule has 0 saturated heterocycles. The van der Waals surface area contributed by atoms with Crippen LogP contribution in [0.25, 0.3) is 21.5 Å². The maximum absolute atomic E-state index is 13.3. The molecule has 0 bridgehead atoms. The molecule has 4 aromatic rings. The summed E-state index contributed by atoms with van der Waals surface area (Å²) in [5, 5.41) is 36.6. The van der Waals surface area contributed by atoms with Gasteiger partial charge in [0, 0.05) is 5.92 Å². The van der Waals surface area contributed by atoms with Gasteiger partial charge in [-0.15, -0.1) is 0 Å². The van der Waals surface area contributed by atoms with E-state index in [0.717, 1.165) is 25.0 Å². The molecule has 3 atom stereocenters. The fraction of sp³-hybridized carbons (Fsp3) is 0.188. The molecule has 39 heavy (non-hydrogen) atoms. The van der Waals surface area contributed by atoms with E-state index in [1.807, 2.05) is 60.7 Å². The van der Waals surface area contributed by atoms with E-state index in [9.17, 15) is 25.2 Å². The minimum absolute atomic E-state index is 0.316. The molecular weight excluding hydrogens is 492 g/mol. The lowest BCUT2D eigenvalue weighted by atomic mass is 9.53. The first kappa shape index (κ1) is 25.5. The normalized spacial score (nSPS) is 20.2. The van der Waals surface area contributed by atoms with Crippen LogP contribution in [0.15, 0.2) is 96.3 Å². The summed E-state index contributed by atoms with van der Waals surface area (Å²) in [7, 11) is 2.30. The molecule has 5 rings (SSSR count). The second kappa shape index (κ2) is 9.96. The third kappa shape index (κ3) is 3.79. The second-order valence-electron chi connectivity index (χ2n) is 9.43. The predicted octanol–water partition coefficient (Wildman–Crippen LogP) is 5.68. The van der Waals surface area contributed by atoms with Gasteiger partial charge in [0.1, 0.15) is 11.7 Å². The van der Waals surface area contributed by atoms with Crippen molar-refractivity contribution in [1.29, 1.82) is 10.5 Å². The Kier molecular flexibility index (Phi) is 6.52. The number of esters is 2. The van der Waals surface area contributed by atoms with Crippen LogP contribution in [0.1, 0.15) is 23.0 Å². The lowest BCUT2D eigenvalue weighted by molar-refractivity contribution is -0.147. The minimum atomic E-state index is -2.02. The lowest BCUT2D eigenvalue weighted by Crippen LogP contribution is -2.47. The molecule has 0 radical (unpaired) electrons. The van der Waals surface area contributed by atoms with Crippen LogP contribution in [0.3, 0.4) is 0 Å². The highest BCUT2D eigenvalue weighted by molar-refractivity contribution is 5.97. The zero-order chi connectivity index (χ0) is 27.7. The summed E-state index contributed by atoms with van der Waals surface area (Å²) in [4.78, 5) is 26.7. The van der Waals surface area contributed by atoms with Crippen molar-refractivity contribution in [1.82, 2.24) is 0 Å². The van der Waals surface area contributed by atoms with Gasteiger partial charge in [-0.3, -0.25) is 4.79 Å². The Balaban J connectivity index is 1.97. The third-order valence-electron chi connectivity index (χ3n) is 7.66. The molecule has 7 nitrogen and oxygen atoms in total. The molecule has 4 aromatic carbocycles. The van der Waals surface area contributed by atoms with Crippen molar-refractivity contribution in [2.75, 3.05) is 14.2 Å². The number of hydrogen-bond acceptors (Lipinski definition) is 7. The maximum Gasteiger partial charge on any atom is 0.337 e. The SMILES string of the molecule is COC(=O)C1=C(O)[C@H](C(=O)OC)[C@@H](c2cccc3ccccc23)C(C#N)(C#N)[C@H]1c1cccc2ccccc12. The maximum atomic E-state index is 13.3. The summed E-state index contributed by atoms with van der Waals surface area (Å²) in [6.07, 6.45) is 0. The van der Waals surface area contributed by atoms with Crippen molar-refractivity contribution in [3.05, 3.63) is 107 Å². The molecule has 1 aliphatic carbocycles. The van der Waals surface area contributed by atoms with E-state index in [1.165, 1.54) is 0 Å². The van der Waals surface area contributed by atoms with Gasteiger partial charge in [-0.25, -0.2) is 4.79 Å². The highest BCUT2D eigenvalue weighted by Gasteiger charge is 2.62. The first-order chi connectivity index (χ1) is 18.9. The number of aliphatic hydroxyl groups is 1. The zero-order valence-electron chi connectivity index (χ0n) is 21.3. The second-order valence-corrected chi connectivity index (χ2v) is 9.43. The fourth-order valence-corrected chi connectivity index (χ4v) is 5.99. The number of aliphatic hydroxyl groups excluding tert-OH is 1. The van der Waals surface area contributed by atoms with E-state index in [-0.39, 0.29) is 5.57 Å². The van der Waals surface area contributed by atoms with Crippen LogP contribution in [-0.2, 0) is 19.1 Å². The van der Waals surface area contributed by atoms with Crippen LogP contribution in [0, 0.1) is 34.0 Å². The summed E-state index contributed by atoms with van der Waals surface area (Å²) in [5.41, 5.74) is -1.35. The van der Waals surface area contributed by atoms with Gasteiger partial charge in [0.05, 0.1) is 37.8 Å². The molecule has 0 saturated carbocycles. The van der Waals surface area contributed by atoms with E-state index < -0.39 is 40.9 Å². The number of carbonyl (C=O) groups is 2. The van der Waals surface area contributed by atoms with Gasteiger partial charge in [0.2, 0.25) is 0 Å². The Hall–Kier alpha value is -5.14. The van der Waals surface area contributed by atoms with Crippen LogP contribution in [0.5, 0.6) is 0 Å². The molecular formula is C32H24N2O5. The van der Waals surface area contributed by atoms with E-state index >= 15 is 0 Å². The number of benzene rings is 4. The average molecular weight is 517 g/mol. The molecule has 0 amide bonds. The Labute approximate surface area is 225 Å². The van der Waals surface area contributed by atoms with Gasteiger partial charge in [-0.2, -0.15) is 10.5 Å². The molecule has 1 aliphatic rings. The monoisotopic (exact) mass is 516 g/mol. The van der Waals surface area contributed by atoms with Crippen LogP contribution in [0.2, 0.25) is 0 Å². The molecule has 0 fully saturated rings. The minimum Gasteiger partial charge on any atom is -0.511 e. The Morgan fingerprint density at radius 2 is 1.28 bits per heavy atom. The lowest BCUT2D eigenvalue weighted by Gasteiger charge is -2.44. The van der Waals surface area contributed by atoms with Crippen LogP contribution < -0.4 is 0 Å². The first-order valence-electron chi connectivity index (χ1n) is 12.3. The van der Waals surface area contributed by atoms with Crippen molar-refractivity contribution in [2.24, 2.45) is 11.3 Å². The fourth-order valence-electron chi connectivity index (χ4n) is 5.99. The topological polar surface area (TPSA) is 120 Å². The molecule has 1 N–H and O–H groups in total. The van der Waals surface area contributed by atoms with Crippen molar-refractivity contribution in [2.45, 2.75) is 11.8 Å². The predicted molar refractivity (Wildman–Crippen MR) is 144 cm³/mol. The highest BCUT2D eigenvalue weighted by atomic mass is 16.5. The average Bonchev–Trinajstić information content (AvgIpc) is 2.99. The van der Waals surface area contributed by atoms with Crippen molar-refractivity contribution >= 4 is 33.5 Å². The molecule has 0 aromatic heterocycles. The molecule has 0 spiro atoms. The van der Waals surface area contributed by atoms with Crippen molar-refractivity contribution in [3.8, 4) is 12.1 Å². The Bertz CT molecular complexity index is 1720. The van der Waals surface area contributed by atoms with Crippen LogP contribution in [0.4, 0.5) is 0 Å². The number of carbonyl (C=O) groups excluding carboxylic acids is 2. The van der Waals surface area contributed by atoms with Gasteiger partial charge in [0.25, 0.3) is 0 Å². The zero-order valence-corrected chi connectivity index (χ0v) is 21.3. The summed E-state index contributed by atoms with van der Waals surface area (Å²) >= 11 is 0.